The Balaban J connectivity index is 0.000000160. The van der Waals surface area contributed by atoms with Crippen LogP contribution >= 0.6 is 15.8 Å². The molecule has 10 aromatic rings. The largest absolute Gasteiger partial charge is 1.00 e. The molecule has 8 aromatic carbocycles. The van der Waals surface area contributed by atoms with Crippen LogP contribution in [0.3, 0.4) is 0 Å². The Morgan fingerprint density at radius 3 is 1.30 bits per heavy atom. The Morgan fingerprint density at radius 2 is 0.848 bits per heavy atom. The number of hydrogen-bond acceptors (Lipinski definition) is 0. The first-order valence-corrected chi connectivity index (χ1v) is 24.8. The van der Waals surface area contributed by atoms with Gasteiger partial charge < -0.3 is 22.0 Å². The molecule has 328 valence electrons. The van der Waals surface area contributed by atoms with Crippen molar-refractivity contribution in [3.8, 4) is 11.8 Å². The van der Waals surface area contributed by atoms with Gasteiger partial charge in [-0.2, -0.15) is 0 Å². The molecule has 2 unspecified atom stereocenters. The van der Waals surface area contributed by atoms with Crippen LogP contribution in [0.5, 0.6) is 0 Å². The third-order valence-electron chi connectivity index (χ3n) is 12.2. The topological polar surface area (TPSA) is 9.86 Å². The number of para-hydroxylation sites is 4. The van der Waals surface area contributed by atoms with Crippen LogP contribution in [0.25, 0.3) is 43.6 Å². The molecule has 0 spiro atoms. The summed E-state index contributed by atoms with van der Waals surface area (Å²) in [5.41, 5.74) is 6.80. The molecule has 2 atom stereocenters. The summed E-state index contributed by atoms with van der Waals surface area (Å²) in [5, 5.41) is 12.3. The summed E-state index contributed by atoms with van der Waals surface area (Å²) in [7, 11) is 1.95. The number of fused-ring (bicyclic) bond motifs is 6. The number of aryl methyl sites for hydroxylation is 2. The van der Waals surface area contributed by atoms with E-state index < -0.39 is 15.8 Å². The fourth-order valence-electron chi connectivity index (χ4n) is 9.28. The van der Waals surface area contributed by atoms with E-state index >= 15 is 0 Å². The quantitative estimate of drug-likeness (QED) is 0.0680. The Hall–Kier alpha value is -5.70. The Kier molecular flexibility index (Phi) is 16.6. The van der Waals surface area contributed by atoms with Crippen molar-refractivity contribution in [2.75, 3.05) is 0 Å². The molecule has 2 nitrogen and oxygen atoms in total. The maximum atomic E-state index is 7.33. The van der Waals surface area contributed by atoms with E-state index in [4.69, 9.17) is 12.8 Å². The zero-order valence-electron chi connectivity index (χ0n) is 36.6. The van der Waals surface area contributed by atoms with E-state index in [0.717, 1.165) is 28.6 Å². The van der Waals surface area contributed by atoms with Gasteiger partial charge >= 0.3 is 44.8 Å². The number of allylic oxidation sites excluding steroid dienone is 4. The molecule has 2 aromatic heterocycles. The van der Waals surface area contributed by atoms with Crippen molar-refractivity contribution in [1.29, 1.82) is 0 Å². The zero-order valence-corrected chi connectivity index (χ0v) is 43.0. The summed E-state index contributed by atoms with van der Waals surface area (Å²) < 4.78 is 4.25. The van der Waals surface area contributed by atoms with Gasteiger partial charge in [0, 0.05) is 42.3 Å². The maximum absolute atomic E-state index is 7.33. The minimum atomic E-state index is -1.11. The summed E-state index contributed by atoms with van der Waals surface area (Å²) >= 11 is 0. The van der Waals surface area contributed by atoms with Gasteiger partial charge in [-0.25, -0.2) is 0 Å². The number of nitrogens with zero attached hydrogens (tertiary/aromatic N) is 2. The average Bonchev–Trinajstić information content (AvgIpc) is 3.84. The molecule has 0 radical (unpaired) electrons. The van der Waals surface area contributed by atoms with Crippen LogP contribution < -0.4 is 26.5 Å². The van der Waals surface area contributed by atoms with Gasteiger partial charge in [0.25, 0.3) is 0 Å². The predicted molar refractivity (Wildman–Crippen MR) is 281 cm³/mol. The molecule has 66 heavy (non-hydrogen) atoms. The molecule has 0 N–H and O–H groups in total. The molecule has 0 fully saturated rings. The van der Waals surface area contributed by atoms with E-state index in [1.807, 2.05) is 62.6 Å². The second-order valence-corrected chi connectivity index (χ2v) is 21.0. The summed E-state index contributed by atoms with van der Waals surface area (Å²) in [6, 6.07) is 71.3. The molecule has 0 bridgehead atoms. The van der Waals surface area contributed by atoms with Gasteiger partial charge in [-0.15, -0.1) is 23.3 Å². The first kappa shape index (κ1) is 48.2. The summed E-state index contributed by atoms with van der Waals surface area (Å²) in [6.07, 6.45) is 25.0. The number of hydrogen-bond donors (Lipinski definition) is 0. The molecule has 0 saturated heterocycles. The van der Waals surface area contributed by atoms with Crippen molar-refractivity contribution in [3.63, 3.8) is 0 Å². The van der Waals surface area contributed by atoms with Crippen molar-refractivity contribution in [2.45, 2.75) is 12.1 Å². The van der Waals surface area contributed by atoms with Crippen LogP contribution in [0.1, 0.15) is 17.5 Å². The molecule has 0 aliphatic heterocycles. The van der Waals surface area contributed by atoms with Crippen molar-refractivity contribution in [3.05, 3.63) is 248 Å². The van der Waals surface area contributed by atoms with Crippen molar-refractivity contribution >= 4 is 86.0 Å². The van der Waals surface area contributed by atoms with Gasteiger partial charge in [0.1, 0.15) is 29.1 Å². The maximum Gasteiger partial charge on any atom is 1.00 e. The van der Waals surface area contributed by atoms with Crippen molar-refractivity contribution < 1.29 is 44.8 Å². The van der Waals surface area contributed by atoms with Crippen LogP contribution in [-0.2, 0) is 58.9 Å². The molecule has 0 saturated carbocycles. The van der Waals surface area contributed by atoms with Gasteiger partial charge in [0.15, 0.2) is 0 Å². The summed E-state index contributed by atoms with van der Waals surface area (Å²) in [4.78, 5) is 0. The van der Waals surface area contributed by atoms with E-state index in [1.165, 1.54) is 53.8 Å². The number of rotatable bonds is 6. The van der Waals surface area contributed by atoms with Gasteiger partial charge in [-0.3, -0.25) is 11.8 Å². The van der Waals surface area contributed by atoms with Crippen LogP contribution in [0, 0.1) is 24.7 Å². The van der Waals surface area contributed by atoms with Crippen molar-refractivity contribution in [2.24, 2.45) is 14.1 Å². The van der Waals surface area contributed by atoms with E-state index in [1.54, 1.807) is 5.30 Å². The third kappa shape index (κ3) is 9.86. The SMILES string of the molecule is C1=CCC([PH+](c2ccccc2)c2ccccc2[PH+](c2ccccc2)c2ccccc2)C=C1.[Au+].[Au+].[C-]#Cc1cccc2c3ccccc3n(C)c12.[C-]#Cc1cccc2c3ccccc3n(C)c12. The van der Waals surface area contributed by atoms with Gasteiger partial charge in [-0.05, 0) is 88.5 Å². The predicted octanol–water partition coefficient (Wildman–Crippen LogP) is 11.8. The average molecular weight is 1250 g/mol. The second-order valence-electron chi connectivity index (χ2n) is 15.9. The Bertz CT molecular complexity index is 3210. The minimum Gasteiger partial charge on any atom is -0.366 e. The molecule has 0 amide bonds. The van der Waals surface area contributed by atoms with Gasteiger partial charge in [0.2, 0.25) is 0 Å². The van der Waals surface area contributed by atoms with E-state index in [-0.39, 0.29) is 44.8 Å². The fourth-order valence-corrected chi connectivity index (χ4v) is 15.7. The van der Waals surface area contributed by atoms with Crippen LogP contribution in [0.4, 0.5) is 0 Å². The fraction of sp³-hybridized carbons (Fsp3) is 0.0667. The zero-order chi connectivity index (χ0) is 43.8. The second kappa shape index (κ2) is 22.7. The van der Waals surface area contributed by atoms with Gasteiger partial charge in [0.05, 0.1) is 18.9 Å². The van der Waals surface area contributed by atoms with Crippen LogP contribution in [0.2, 0.25) is 0 Å². The first-order chi connectivity index (χ1) is 31.6. The molecule has 1 aliphatic carbocycles. The standard InChI is InChI=1S/C30H26P2.2C15H10N.2Au/c1-5-15-25(16-6-1)31(26-17-7-2-8-18-26)29-23-13-14-24-30(29)32(27-19-9-3-10-20-27)28-21-11-4-12-22-28;2*1-3-11-7-6-9-13-12-8-4-5-10-14(12)16(2)15(11)13;;/h1-21,23-24,28H,22H2;2*4-10H,2H3;;/q;2*-1;2*+1/p+2. The molecule has 1 aliphatic rings. The summed E-state index contributed by atoms with van der Waals surface area (Å²) in [5.74, 6) is 5.00. The van der Waals surface area contributed by atoms with E-state index in [0.29, 0.717) is 5.66 Å². The van der Waals surface area contributed by atoms with E-state index in [2.05, 4.69) is 197 Å². The van der Waals surface area contributed by atoms with Crippen LogP contribution in [0.15, 0.2) is 224 Å². The first-order valence-electron chi connectivity index (χ1n) is 21.7. The summed E-state index contributed by atoms with van der Waals surface area (Å²) in [6.45, 7) is 0. The third-order valence-corrected chi connectivity index (χ3v) is 18.4. The molecule has 2 heterocycles. The van der Waals surface area contributed by atoms with Crippen molar-refractivity contribution in [1.82, 2.24) is 9.13 Å². The minimum absolute atomic E-state index is 0. The number of benzene rings is 8. The molecule has 11 rings (SSSR count). The smallest absolute Gasteiger partial charge is 0.366 e. The molecular formula is C60H48Au2N2P2+2. The van der Waals surface area contributed by atoms with Crippen LogP contribution in [-0.4, -0.2) is 14.8 Å². The molecular weight excluding hydrogens is 1200 g/mol. The molecule has 6 heteroatoms. The monoisotopic (exact) mass is 1250 g/mol. The Labute approximate surface area is 423 Å². The van der Waals surface area contributed by atoms with E-state index in [9.17, 15) is 0 Å². The van der Waals surface area contributed by atoms with Gasteiger partial charge in [-0.1, -0.05) is 146 Å². The normalized spacial score (nSPS) is 13.1. The number of aromatic nitrogens is 2. The Morgan fingerprint density at radius 1 is 0.439 bits per heavy atom.